The summed E-state index contributed by atoms with van der Waals surface area (Å²) < 4.78 is 4.05. The van der Waals surface area contributed by atoms with Gasteiger partial charge in [0.05, 0.1) is 24.5 Å². The van der Waals surface area contributed by atoms with Crippen LogP contribution in [-0.2, 0) is 13.1 Å². The van der Waals surface area contributed by atoms with Crippen molar-refractivity contribution in [2.75, 3.05) is 6.54 Å². The summed E-state index contributed by atoms with van der Waals surface area (Å²) >= 11 is 0. The van der Waals surface area contributed by atoms with Crippen molar-refractivity contribution in [2.24, 2.45) is 0 Å². The van der Waals surface area contributed by atoms with Gasteiger partial charge in [-0.2, -0.15) is 10.2 Å². The van der Waals surface area contributed by atoms with E-state index in [9.17, 15) is 0 Å². The van der Waals surface area contributed by atoms with Crippen molar-refractivity contribution in [2.45, 2.75) is 52.7 Å². The van der Waals surface area contributed by atoms with E-state index in [0.717, 1.165) is 38.2 Å². The third-order valence-corrected chi connectivity index (χ3v) is 3.57. The van der Waals surface area contributed by atoms with Crippen LogP contribution in [0.3, 0.4) is 0 Å². The van der Waals surface area contributed by atoms with E-state index >= 15 is 0 Å². The predicted octanol–water partition coefficient (Wildman–Crippen LogP) is 2.54. The summed E-state index contributed by atoms with van der Waals surface area (Å²) in [5, 5.41) is 12.3. The average Bonchev–Trinajstić information content (AvgIpc) is 3.06. The zero-order valence-corrected chi connectivity index (χ0v) is 12.7. The Hall–Kier alpha value is -1.62. The lowest BCUT2D eigenvalue weighted by atomic mass is 10.2. The lowest BCUT2D eigenvalue weighted by Crippen LogP contribution is -2.20. The molecular formula is C15H25N5. The van der Waals surface area contributed by atoms with Crippen LogP contribution < -0.4 is 5.32 Å². The van der Waals surface area contributed by atoms with Crippen LogP contribution in [0.4, 0.5) is 0 Å². The number of nitrogens with zero attached hydrogens (tertiary/aromatic N) is 4. The summed E-state index contributed by atoms with van der Waals surface area (Å²) in [6, 6.07) is 2.62. The molecule has 0 saturated heterocycles. The smallest absolute Gasteiger partial charge is 0.0762 e. The Morgan fingerprint density at radius 3 is 2.75 bits per heavy atom. The summed E-state index contributed by atoms with van der Waals surface area (Å²) in [6.45, 7) is 9.08. The van der Waals surface area contributed by atoms with Crippen LogP contribution in [0.25, 0.3) is 0 Å². The van der Waals surface area contributed by atoms with Crippen molar-refractivity contribution < 1.29 is 0 Å². The Kier molecular flexibility index (Phi) is 5.35. The predicted molar refractivity (Wildman–Crippen MR) is 80.5 cm³/mol. The van der Waals surface area contributed by atoms with Crippen molar-refractivity contribution in [3.05, 3.63) is 35.9 Å². The minimum absolute atomic E-state index is 0.524. The molecule has 0 saturated carbocycles. The molecule has 0 aliphatic carbocycles. The molecule has 0 amide bonds. The first-order valence-corrected chi connectivity index (χ1v) is 7.46. The van der Waals surface area contributed by atoms with E-state index in [1.165, 1.54) is 5.56 Å². The van der Waals surface area contributed by atoms with Crippen LogP contribution in [0.1, 0.15) is 44.0 Å². The van der Waals surface area contributed by atoms with Crippen LogP contribution in [0.2, 0.25) is 0 Å². The maximum Gasteiger partial charge on any atom is 0.0762 e. The molecule has 110 valence electrons. The zero-order chi connectivity index (χ0) is 14.4. The van der Waals surface area contributed by atoms with E-state index in [1.807, 2.05) is 10.9 Å². The lowest BCUT2D eigenvalue weighted by molar-refractivity contribution is 0.423. The highest BCUT2D eigenvalue weighted by atomic mass is 15.3. The van der Waals surface area contributed by atoms with E-state index < -0.39 is 0 Å². The zero-order valence-electron chi connectivity index (χ0n) is 12.7. The fourth-order valence-corrected chi connectivity index (χ4v) is 2.34. The Morgan fingerprint density at radius 2 is 2.10 bits per heavy atom. The number of nitrogens with one attached hydrogen (secondary N) is 1. The second-order valence-corrected chi connectivity index (χ2v) is 5.21. The molecule has 0 aliphatic heterocycles. The number of hydrogen-bond acceptors (Lipinski definition) is 3. The molecule has 5 heteroatoms. The molecule has 0 radical (unpaired) electrons. The molecule has 2 rings (SSSR count). The maximum atomic E-state index is 4.63. The summed E-state index contributed by atoms with van der Waals surface area (Å²) in [4.78, 5) is 0. The second-order valence-electron chi connectivity index (χ2n) is 5.21. The molecule has 2 aromatic rings. The Morgan fingerprint density at radius 1 is 1.30 bits per heavy atom. The van der Waals surface area contributed by atoms with Gasteiger partial charge in [0.1, 0.15) is 0 Å². The molecule has 0 atom stereocenters. The van der Waals surface area contributed by atoms with Crippen LogP contribution >= 0.6 is 0 Å². The van der Waals surface area contributed by atoms with E-state index in [4.69, 9.17) is 0 Å². The number of aromatic nitrogens is 4. The molecule has 0 fully saturated rings. The third kappa shape index (κ3) is 3.93. The molecule has 2 aromatic heterocycles. The summed E-state index contributed by atoms with van der Waals surface area (Å²) in [7, 11) is 0. The molecular weight excluding hydrogens is 250 g/mol. The third-order valence-electron chi connectivity index (χ3n) is 3.57. The molecule has 0 bridgehead atoms. The number of hydrogen-bond donors (Lipinski definition) is 1. The van der Waals surface area contributed by atoms with Gasteiger partial charge in [-0.05, 0) is 31.4 Å². The van der Waals surface area contributed by atoms with Crippen molar-refractivity contribution in [1.82, 2.24) is 24.9 Å². The fraction of sp³-hybridized carbons (Fsp3) is 0.600. The van der Waals surface area contributed by atoms with Gasteiger partial charge in [-0.3, -0.25) is 9.36 Å². The molecule has 20 heavy (non-hydrogen) atoms. The standard InChI is InChI=1S/C15H25N5/c1-4-15(5-2)20-8-6-14(18-20)11-16-7-9-19-12-13(3)10-17-19/h6,8,10,12,15-16H,4-5,7,9,11H2,1-3H3. The van der Waals surface area contributed by atoms with Crippen molar-refractivity contribution in [3.8, 4) is 0 Å². The van der Waals surface area contributed by atoms with Crippen LogP contribution in [0, 0.1) is 6.92 Å². The van der Waals surface area contributed by atoms with Crippen molar-refractivity contribution in [1.29, 1.82) is 0 Å². The van der Waals surface area contributed by atoms with Gasteiger partial charge < -0.3 is 5.32 Å². The SMILES string of the molecule is CCC(CC)n1ccc(CNCCn2cc(C)cn2)n1. The topological polar surface area (TPSA) is 47.7 Å². The molecule has 0 aromatic carbocycles. The van der Waals surface area contributed by atoms with Gasteiger partial charge in [0.25, 0.3) is 0 Å². The Bertz CT molecular complexity index is 510. The normalized spacial score (nSPS) is 11.4. The van der Waals surface area contributed by atoms with Crippen molar-refractivity contribution in [3.63, 3.8) is 0 Å². The highest BCUT2D eigenvalue weighted by Gasteiger charge is 2.07. The van der Waals surface area contributed by atoms with E-state index in [2.05, 4.69) is 59.4 Å². The molecule has 0 unspecified atom stereocenters. The summed E-state index contributed by atoms with van der Waals surface area (Å²) in [5.74, 6) is 0. The van der Waals surface area contributed by atoms with Gasteiger partial charge in [0.15, 0.2) is 0 Å². The monoisotopic (exact) mass is 275 g/mol. The van der Waals surface area contributed by atoms with Gasteiger partial charge in [-0.1, -0.05) is 13.8 Å². The number of rotatable bonds is 8. The van der Waals surface area contributed by atoms with Gasteiger partial charge in [-0.25, -0.2) is 0 Å². The minimum Gasteiger partial charge on any atom is -0.309 e. The van der Waals surface area contributed by atoms with Gasteiger partial charge in [0.2, 0.25) is 0 Å². The maximum absolute atomic E-state index is 4.63. The van der Waals surface area contributed by atoms with Crippen molar-refractivity contribution >= 4 is 0 Å². The molecule has 1 N–H and O–H groups in total. The molecule has 2 heterocycles. The first-order chi connectivity index (χ1) is 9.72. The van der Waals surface area contributed by atoms with E-state index in [-0.39, 0.29) is 0 Å². The average molecular weight is 275 g/mol. The summed E-state index contributed by atoms with van der Waals surface area (Å²) in [5.41, 5.74) is 2.31. The molecule has 5 nitrogen and oxygen atoms in total. The largest absolute Gasteiger partial charge is 0.309 e. The lowest BCUT2D eigenvalue weighted by Gasteiger charge is -2.12. The van der Waals surface area contributed by atoms with Crippen LogP contribution in [0.15, 0.2) is 24.7 Å². The first-order valence-electron chi connectivity index (χ1n) is 7.46. The number of aryl methyl sites for hydroxylation is 1. The van der Waals surface area contributed by atoms with E-state index in [1.54, 1.807) is 0 Å². The molecule has 0 spiro atoms. The second kappa shape index (κ2) is 7.24. The summed E-state index contributed by atoms with van der Waals surface area (Å²) in [6.07, 6.45) is 8.29. The fourth-order valence-electron chi connectivity index (χ4n) is 2.34. The minimum atomic E-state index is 0.524. The quantitative estimate of drug-likeness (QED) is 0.753. The van der Waals surface area contributed by atoms with Gasteiger partial charge in [-0.15, -0.1) is 0 Å². The van der Waals surface area contributed by atoms with E-state index in [0.29, 0.717) is 6.04 Å². The Balaban J connectivity index is 1.74. The molecule has 0 aliphatic rings. The van der Waals surface area contributed by atoms with Crippen LogP contribution in [-0.4, -0.2) is 26.1 Å². The highest BCUT2D eigenvalue weighted by molar-refractivity contribution is 5.00. The first kappa shape index (κ1) is 14.8. The Labute approximate surface area is 121 Å². The van der Waals surface area contributed by atoms with Gasteiger partial charge >= 0.3 is 0 Å². The van der Waals surface area contributed by atoms with Crippen LogP contribution in [0.5, 0.6) is 0 Å². The highest BCUT2D eigenvalue weighted by Crippen LogP contribution is 2.14. The van der Waals surface area contributed by atoms with Gasteiger partial charge in [0, 0.05) is 25.5 Å².